The number of rotatable bonds is 5. The monoisotopic (exact) mass is 469 g/mol. The molecule has 1 aliphatic heterocycles. The Morgan fingerprint density at radius 1 is 0.829 bits per heavy atom. The number of allylic oxidation sites excluding steroid dienone is 1. The number of methoxy groups -OCH3 is 2. The van der Waals surface area contributed by atoms with Gasteiger partial charge < -0.3 is 25.0 Å². The summed E-state index contributed by atoms with van der Waals surface area (Å²) in [6.45, 7) is 0. The van der Waals surface area contributed by atoms with Gasteiger partial charge in [-0.1, -0.05) is 30.3 Å². The van der Waals surface area contributed by atoms with Crippen LogP contribution in [0.1, 0.15) is 35.9 Å². The predicted molar refractivity (Wildman–Crippen MR) is 141 cm³/mol. The number of carbonyl (C=O) groups is 1. The van der Waals surface area contributed by atoms with E-state index in [4.69, 9.17) is 9.47 Å². The molecule has 1 aliphatic carbocycles. The summed E-state index contributed by atoms with van der Waals surface area (Å²) in [6, 6.07) is 22.3. The fraction of sp³-hybridized carbons (Fsp3) is 0.276. The highest BCUT2D eigenvalue weighted by Crippen LogP contribution is 2.45. The van der Waals surface area contributed by atoms with Crippen LogP contribution < -0.4 is 25.0 Å². The quantitative estimate of drug-likeness (QED) is 0.496. The Morgan fingerprint density at radius 2 is 1.51 bits per heavy atom. The molecule has 0 bridgehead atoms. The summed E-state index contributed by atoms with van der Waals surface area (Å²) in [5.41, 5.74) is 7.02. The molecule has 1 heterocycles. The second-order valence-corrected chi connectivity index (χ2v) is 9.27. The highest BCUT2D eigenvalue weighted by molar-refractivity contribution is 6.01. The second-order valence-electron chi connectivity index (χ2n) is 9.27. The van der Waals surface area contributed by atoms with Crippen LogP contribution in [0, 0.1) is 0 Å². The fourth-order valence-electron chi connectivity index (χ4n) is 5.05. The van der Waals surface area contributed by atoms with Crippen LogP contribution in [0.5, 0.6) is 11.5 Å². The molecule has 0 aromatic heterocycles. The van der Waals surface area contributed by atoms with Gasteiger partial charge in [0.2, 0.25) is 0 Å². The Kier molecular flexibility index (Phi) is 6.12. The average molecular weight is 470 g/mol. The lowest BCUT2D eigenvalue weighted by molar-refractivity contribution is -0.116. The van der Waals surface area contributed by atoms with Crippen molar-refractivity contribution in [1.29, 1.82) is 0 Å². The molecule has 0 amide bonds. The summed E-state index contributed by atoms with van der Waals surface area (Å²) in [4.78, 5) is 15.8. The van der Waals surface area contributed by atoms with Gasteiger partial charge in [0.15, 0.2) is 17.3 Å². The van der Waals surface area contributed by atoms with Gasteiger partial charge >= 0.3 is 0 Å². The standard InChI is InChI=1S/C29H31N3O3/c1-32(2)21-12-9-18(10-13-21)29-28-24(30-22-7-5-6-8-23(22)31-29)15-20(16-25(28)33)19-11-14-26(34-3)27(17-19)35-4/h5-14,17,20,29-31H,15-16H2,1-4H3/t20-,29+/m0/s1. The molecular weight excluding hydrogens is 438 g/mol. The third-order valence-electron chi connectivity index (χ3n) is 6.93. The van der Waals surface area contributed by atoms with Crippen LogP contribution in [0.15, 0.2) is 78.0 Å². The summed E-state index contributed by atoms with van der Waals surface area (Å²) in [6.07, 6.45) is 1.18. The number of hydrogen-bond donors (Lipinski definition) is 2. The van der Waals surface area contributed by atoms with Crippen LogP contribution in [-0.4, -0.2) is 34.1 Å². The predicted octanol–water partition coefficient (Wildman–Crippen LogP) is 5.75. The maximum Gasteiger partial charge on any atom is 0.163 e. The Labute approximate surface area is 206 Å². The second kappa shape index (κ2) is 9.37. The molecule has 2 atom stereocenters. The smallest absolute Gasteiger partial charge is 0.163 e. The van der Waals surface area contributed by atoms with Crippen molar-refractivity contribution in [3.63, 3.8) is 0 Å². The van der Waals surface area contributed by atoms with E-state index in [1.807, 2.05) is 44.4 Å². The number of benzene rings is 3. The molecule has 2 aliphatic rings. The Balaban J connectivity index is 1.56. The van der Waals surface area contributed by atoms with Gasteiger partial charge in [-0.15, -0.1) is 0 Å². The van der Waals surface area contributed by atoms with Crippen LogP contribution in [0.3, 0.4) is 0 Å². The van der Waals surface area contributed by atoms with E-state index in [-0.39, 0.29) is 17.7 Å². The lowest BCUT2D eigenvalue weighted by Crippen LogP contribution is -2.27. The molecule has 3 aromatic rings. The van der Waals surface area contributed by atoms with Crippen molar-refractivity contribution in [2.45, 2.75) is 24.8 Å². The van der Waals surface area contributed by atoms with Crippen LogP contribution in [0.4, 0.5) is 17.1 Å². The molecule has 0 radical (unpaired) electrons. The van der Waals surface area contributed by atoms with Crippen LogP contribution in [0.25, 0.3) is 0 Å². The van der Waals surface area contributed by atoms with Crippen molar-refractivity contribution in [2.75, 3.05) is 43.8 Å². The minimum Gasteiger partial charge on any atom is -0.493 e. The van der Waals surface area contributed by atoms with Crippen LogP contribution in [0.2, 0.25) is 0 Å². The number of fused-ring (bicyclic) bond motifs is 1. The highest BCUT2D eigenvalue weighted by Gasteiger charge is 2.36. The van der Waals surface area contributed by atoms with Crippen molar-refractivity contribution in [2.24, 2.45) is 0 Å². The normalized spacial score (nSPS) is 19.0. The molecule has 3 aromatic carbocycles. The van der Waals surface area contributed by atoms with Crippen molar-refractivity contribution in [1.82, 2.24) is 0 Å². The number of carbonyl (C=O) groups excluding carboxylic acids is 1. The lowest BCUT2D eigenvalue weighted by Gasteiger charge is -2.30. The summed E-state index contributed by atoms with van der Waals surface area (Å²) >= 11 is 0. The van der Waals surface area contributed by atoms with E-state index in [0.717, 1.165) is 45.9 Å². The molecule has 6 nitrogen and oxygen atoms in total. The Hall–Kier alpha value is -3.93. The summed E-state index contributed by atoms with van der Waals surface area (Å²) in [5.74, 6) is 1.57. The zero-order valence-electron chi connectivity index (χ0n) is 20.6. The van der Waals surface area contributed by atoms with Crippen LogP contribution >= 0.6 is 0 Å². The van der Waals surface area contributed by atoms with Gasteiger partial charge in [-0.25, -0.2) is 0 Å². The van der Waals surface area contributed by atoms with Gasteiger partial charge in [-0.2, -0.15) is 0 Å². The molecule has 0 saturated heterocycles. The van der Waals surface area contributed by atoms with Crippen LogP contribution in [-0.2, 0) is 4.79 Å². The van der Waals surface area contributed by atoms with Crippen molar-refractivity contribution >= 4 is 22.8 Å². The zero-order valence-corrected chi connectivity index (χ0v) is 20.6. The van der Waals surface area contributed by atoms with E-state index < -0.39 is 0 Å². The number of nitrogens with zero attached hydrogens (tertiary/aromatic N) is 1. The number of ether oxygens (including phenoxy) is 2. The Bertz CT molecular complexity index is 1280. The third-order valence-corrected chi connectivity index (χ3v) is 6.93. The van der Waals surface area contributed by atoms with E-state index in [1.54, 1.807) is 14.2 Å². The van der Waals surface area contributed by atoms with E-state index in [2.05, 4.69) is 51.9 Å². The van der Waals surface area contributed by atoms with E-state index >= 15 is 0 Å². The molecule has 0 spiro atoms. The average Bonchev–Trinajstić information content (AvgIpc) is 3.05. The minimum absolute atomic E-state index is 0.0515. The first kappa shape index (κ1) is 22.8. The summed E-state index contributed by atoms with van der Waals surface area (Å²) in [7, 11) is 7.32. The fourth-order valence-corrected chi connectivity index (χ4v) is 5.05. The number of para-hydroxylation sites is 2. The number of ketones is 1. The van der Waals surface area contributed by atoms with Crippen molar-refractivity contribution in [3.8, 4) is 11.5 Å². The Morgan fingerprint density at radius 3 is 2.20 bits per heavy atom. The molecule has 0 unspecified atom stereocenters. The lowest BCUT2D eigenvalue weighted by atomic mass is 9.78. The van der Waals surface area contributed by atoms with Crippen molar-refractivity contribution in [3.05, 3.63) is 89.1 Å². The molecular formula is C29H31N3O3. The molecule has 0 fully saturated rings. The van der Waals surface area contributed by atoms with Gasteiger partial charge in [0, 0.05) is 37.5 Å². The maximum atomic E-state index is 13.8. The number of anilines is 3. The molecule has 2 N–H and O–H groups in total. The zero-order chi connectivity index (χ0) is 24.5. The van der Waals surface area contributed by atoms with Gasteiger partial charge in [-0.3, -0.25) is 4.79 Å². The summed E-state index contributed by atoms with van der Waals surface area (Å²) in [5, 5.41) is 7.25. The number of hydrogen-bond acceptors (Lipinski definition) is 6. The first-order valence-corrected chi connectivity index (χ1v) is 11.9. The number of nitrogens with one attached hydrogen (secondary N) is 2. The van der Waals surface area contributed by atoms with Crippen molar-refractivity contribution < 1.29 is 14.3 Å². The molecule has 5 rings (SSSR count). The molecule has 6 heteroatoms. The molecule has 35 heavy (non-hydrogen) atoms. The molecule has 0 saturated carbocycles. The minimum atomic E-state index is -0.226. The van der Waals surface area contributed by atoms with Gasteiger partial charge in [0.05, 0.1) is 31.6 Å². The van der Waals surface area contributed by atoms with E-state index in [9.17, 15) is 4.79 Å². The largest absolute Gasteiger partial charge is 0.493 e. The van der Waals surface area contributed by atoms with E-state index in [0.29, 0.717) is 17.9 Å². The first-order valence-electron chi connectivity index (χ1n) is 11.9. The van der Waals surface area contributed by atoms with Gasteiger partial charge in [0.25, 0.3) is 0 Å². The third kappa shape index (κ3) is 4.32. The van der Waals surface area contributed by atoms with E-state index in [1.165, 1.54) is 0 Å². The summed E-state index contributed by atoms with van der Waals surface area (Å²) < 4.78 is 10.9. The maximum absolute atomic E-state index is 13.8. The topological polar surface area (TPSA) is 62.8 Å². The SMILES string of the molecule is COc1ccc([C@@H]2CC(=O)C3=C(C2)Nc2ccccc2N[C@@H]3c2ccc(N(C)C)cc2)cc1OC. The number of Topliss-reactive ketones (excluding diaryl/α,β-unsaturated/α-hetero) is 1. The highest BCUT2D eigenvalue weighted by atomic mass is 16.5. The van der Waals surface area contributed by atoms with Gasteiger partial charge in [0.1, 0.15) is 0 Å². The first-order chi connectivity index (χ1) is 17.0. The van der Waals surface area contributed by atoms with Gasteiger partial charge in [-0.05, 0) is 59.9 Å². The molecule has 180 valence electrons.